The van der Waals surface area contributed by atoms with Crippen molar-refractivity contribution < 1.29 is 0 Å². The molecule has 2 rings (SSSR count). The van der Waals surface area contributed by atoms with Crippen LogP contribution < -0.4 is 5.73 Å². The number of nitrogen functional groups attached to an aromatic ring is 1. The fourth-order valence-corrected chi connectivity index (χ4v) is 1.21. The van der Waals surface area contributed by atoms with E-state index in [2.05, 4.69) is 31.0 Å². The SMILES string of the molecule is Nc1nc(Br)cn2ncnc12. The van der Waals surface area contributed by atoms with Gasteiger partial charge in [-0.3, -0.25) is 0 Å². The molecule has 0 bridgehead atoms. The Hall–Kier alpha value is -1.17. The first kappa shape index (κ1) is 6.53. The third-order valence-electron chi connectivity index (χ3n) is 1.26. The highest BCUT2D eigenvalue weighted by Crippen LogP contribution is 2.11. The lowest BCUT2D eigenvalue weighted by Gasteiger charge is -1.95. The van der Waals surface area contributed by atoms with E-state index in [4.69, 9.17) is 5.73 Å². The van der Waals surface area contributed by atoms with Gasteiger partial charge in [-0.2, -0.15) is 5.10 Å². The van der Waals surface area contributed by atoms with Crippen molar-refractivity contribution in [2.75, 3.05) is 5.73 Å². The average Bonchev–Trinajstić information content (AvgIpc) is 2.34. The maximum Gasteiger partial charge on any atom is 0.198 e. The van der Waals surface area contributed by atoms with Crippen LogP contribution >= 0.6 is 15.9 Å². The number of rotatable bonds is 0. The minimum atomic E-state index is 0.372. The van der Waals surface area contributed by atoms with Gasteiger partial charge in [-0.15, -0.1) is 0 Å². The molecule has 0 aromatic carbocycles. The molecule has 2 heterocycles. The summed E-state index contributed by atoms with van der Waals surface area (Å²) in [5, 5.41) is 3.90. The van der Waals surface area contributed by atoms with E-state index in [0.717, 1.165) is 0 Å². The molecule has 0 unspecified atom stereocenters. The lowest BCUT2D eigenvalue weighted by Crippen LogP contribution is -1.97. The molecule has 0 fully saturated rings. The van der Waals surface area contributed by atoms with Crippen molar-refractivity contribution in [3.05, 3.63) is 17.1 Å². The molecule has 2 aromatic rings. The lowest BCUT2D eigenvalue weighted by atomic mass is 10.6. The zero-order valence-electron chi connectivity index (χ0n) is 5.40. The second-order valence-corrected chi connectivity index (χ2v) is 2.79. The van der Waals surface area contributed by atoms with Gasteiger partial charge in [-0.1, -0.05) is 0 Å². The number of aromatic nitrogens is 4. The molecule has 0 saturated carbocycles. The summed E-state index contributed by atoms with van der Waals surface area (Å²) in [6, 6.07) is 0. The van der Waals surface area contributed by atoms with E-state index in [-0.39, 0.29) is 0 Å². The molecule has 0 aliphatic heterocycles. The van der Waals surface area contributed by atoms with Gasteiger partial charge in [0.25, 0.3) is 0 Å². The summed E-state index contributed by atoms with van der Waals surface area (Å²) in [7, 11) is 0. The molecule has 0 saturated heterocycles. The maximum atomic E-state index is 5.54. The highest BCUT2D eigenvalue weighted by Gasteiger charge is 2.01. The van der Waals surface area contributed by atoms with Gasteiger partial charge in [0.2, 0.25) is 0 Å². The molecule has 56 valence electrons. The second-order valence-electron chi connectivity index (χ2n) is 1.98. The molecule has 0 aliphatic carbocycles. The number of nitrogens with two attached hydrogens (primary N) is 1. The number of anilines is 1. The zero-order valence-corrected chi connectivity index (χ0v) is 6.98. The fourth-order valence-electron chi connectivity index (χ4n) is 0.823. The normalized spacial score (nSPS) is 10.6. The molecule has 0 spiro atoms. The lowest BCUT2D eigenvalue weighted by molar-refractivity contribution is 0.940. The molecule has 0 atom stereocenters. The molecule has 0 aliphatic rings. The van der Waals surface area contributed by atoms with Crippen LogP contribution in [0.25, 0.3) is 5.65 Å². The Morgan fingerprint density at radius 3 is 3.18 bits per heavy atom. The van der Waals surface area contributed by atoms with E-state index in [9.17, 15) is 0 Å². The summed E-state index contributed by atoms with van der Waals surface area (Å²) in [6.07, 6.45) is 3.12. The van der Waals surface area contributed by atoms with Gasteiger partial charge in [0.05, 0.1) is 6.20 Å². The monoisotopic (exact) mass is 213 g/mol. The van der Waals surface area contributed by atoms with Gasteiger partial charge < -0.3 is 5.73 Å². The number of halogens is 1. The van der Waals surface area contributed by atoms with Crippen LogP contribution in [0, 0.1) is 0 Å². The van der Waals surface area contributed by atoms with Crippen LogP contribution in [0.5, 0.6) is 0 Å². The van der Waals surface area contributed by atoms with Crippen LogP contribution in [0.2, 0.25) is 0 Å². The second kappa shape index (κ2) is 2.16. The summed E-state index contributed by atoms with van der Waals surface area (Å²) in [5.41, 5.74) is 6.11. The van der Waals surface area contributed by atoms with E-state index in [0.29, 0.717) is 16.1 Å². The number of hydrogen-bond donors (Lipinski definition) is 1. The van der Waals surface area contributed by atoms with Crippen LogP contribution in [0.1, 0.15) is 0 Å². The van der Waals surface area contributed by atoms with E-state index in [1.807, 2.05) is 0 Å². The Morgan fingerprint density at radius 1 is 1.55 bits per heavy atom. The van der Waals surface area contributed by atoms with E-state index >= 15 is 0 Å². The van der Waals surface area contributed by atoms with Crippen LogP contribution in [0.15, 0.2) is 17.1 Å². The quantitative estimate of drug-likeness (QED) is 0.691. The molecular formula is C5H4BrN5. The Labute approximate surface area is 70.4 Å². The zero-order chi connectivity index (χ0) is 7.84. The largest absolute Gasteiger partial charge is 0.381 e. The first-order chi connectivity index (χ1) is 5.27. The smallest absolute Gasteiger partial charge is 0.198 e. The third kappa shape index (κ3) is 0.949. The molecule has 2 aromatic heterocycles. The fraction of sp³-hybridized carbons (Fsp3) is 0. The molecule has 0 radical (unpaired) electrons. The van der Waals surface area contributed by atoms with Crippen molar-refractivity contribution in [2.45, 2.75) is 0 Å². The van der Waals surface area contributed by atoms with Crippen molar-refractivity contribution >= 4 is 27.4 Å². The highest BCUT2D eigenvalue weighted by molar-refractivity contribution is 9.10. The van der Waals surface area contributed by atoms with Crippen LogP contribution in [0.3, 0.4) is 0 Å². The molecule has 6 heteroatoms. The van der Waals surface area contributed by atoms with Crippen molar-refractivity contribution in [2.24, 2.45) is 0 Å². The maximum absolute atomic E-state index is 5.54. The molecular weight excluding hydrogens is 210 g/mol. The van der Waals surface area contributed by atoms with E-state index in [1.54, 1.807) is 10.7 Å². The summed E-state index contributed by atoms with van der Waals surface area (Å²) >= 11 is 3.19. The Morgan fingerprint density at radius 2 is 2.36 bits per heavy atom. The molecule has 11 heavy (non-hydrogen) atoms. The summed E-state index contributed by atoms with van der Waals surface area (Å²) in [6.45, 7) is 0. The average molecular weight is 214 g/mol. The van der Waals surface area contributed by atoms with Gasteiger partial charge in [0, 0.05) is 0 Å². The summed E-state index contributed by atoms with van der Waals surface area (Å²) < 4.78 is 2.21. The van der Waals surface area contributed by atoms with Gasteiger partial charge in [0.15, 0.2) is 11.5 Å². The Kier molecular flexibility index (Phi) is 1.28. The minimum absolute atomic E-state index is 0.372. The number of hydrogen-bond acceptors (Lipinski definition) is 4. The van der Waals surface area contributed by atoms with Crippen LogP contribution in [0.4, 0.5) is 5.82 Å². The topological polar surface area (TPSA) is 69.1 Å². The van der Waals surface area contributed by atoms with Gasteiger partial charge in [-0.25, -0.2) is 14.5 Å². The van der Waals surface area contributed by atoms with Crippen molar-refractivity contribution in [1.82, 2.24) is 19.6 Å². The molecule has 2 N–H and O–H groups in total. The minimum Gasteiger partial charge on any atom is -0.381 e. The summed E-state index contributed by atoms with van der Waals surface area (Å²) in [5.74, 6) is 0.372. The predicted molar refractivity (Wildman–Crippen MR) is 42.9 cm³/mol. The molecule has 5 nitrogen and oxygen atoms in total. The molecule has 0 amide bonds. The standard InChI is InChI=1S/C5H4BrN5/c6-3-1-11-5(4(7)10-3)8-2-9-11/h1-2H,(H2,7,10). The first-order valence-corrected chi connectivity index (χ1v) is 3.68. The first-order valence-electron chi connectivity index (χ1n) is 2.89. The van der Waals surface area contributed by atoms with Gasteiger partial charge in [-0.05, 0) is 15.9 Å². The Balaban J connectivity index is 2.91. The van der Waals surface area contributed by atoms with E-state index in [1.165, 1.54) is 6.33 Å². The van der Waals surface area contributed by atoms with Crippen LogP contribution in [-0.4, -0.2) is 19.6 Å². The van der Waals surface area contributed by atoms with Crippen molar-refractivity contribution in [3.63, 3.8) is 0 Å². The predicted octanol–water partition coefficient (Wildman–Crippen LogP) is 0.469. The highest BCUT2D eigenvalue weighted by atomic mass is 79.9. The van der Waals surface area contributed by atoms with Crippen molar-refractivity contribution in [1.29, 1.82) is 0 Å². The third-order valence-corrected chi connectivity index (χ3v) is 1.64. The van der Waals surface area contributed by atoms with Gasteiger partial charge in [0.1, 0.15) is 10.9 Å². The van der Waals surface area contributed by atoms with Crippen molar-refractivity contribution in [3.8, 4) is 0 Å². The Bertz CT molecular complexity index is 395. The van der Waals surface area contributed by atoms with Crippen LogP contribution in [-0.2, 0) is 0 Å². The number of fused-ring (bicyclic) bond motifs is 1. The van der Waals surface area contributed by atoms with Gasteiger partial charge >= 0.3 is 0 Å². The summed E-state index contributed by atoms with van der Waals surface area (Å²) in [4.78, 5) is 7.85. The van der Waals surface area contributed by atoms with E-state index < -0.39 is 0 Å². The number of nitrogens with zero attached hydrogens (tertiary/aromatic N) is 4.